The van der Waals surface area contributed by atoms with E-state index in [9.17, 15) is 4.39 Å². The van der Waals surface area contributed by atoms with Crippen molar-refractivity contribution in [2.75, 3.05) is 26.7 Å². The van der Waals surface area contributed by atoms with Gasteiger partial charge in [0.1, 0.15) is 18.2 Å². The van der Waals surface area contributed by atoms with Gasteiger partial charge < -0.3 is 15.4 Å². The predicted octanol–water partition coefficient (Wildman–Crippen LogP) is 2.01. The van der Waals surface area contributed by atoms with E-state index < -0.39 is 0 Å². The van der Waals surface area contributed by atoms with Crippen LogP contribution in [0.15, 0.2) is 53.8 Å². The molecule has 0 radical (unpaired) electrons. The molecule has 0 spiro atoms. The first kappa shape index (κ1) is 16.7. The quantitative estimate of drug-likeness (QED) is 0.466. The van der Waals surface area contributed by atoms with E-state index in [1.165, 1.54) is 12.1 Å². The number of benzene rings is 1. The molecular weight excluding hydrogens is 295 g/mol. The summed E-state index contributed by atoms with van der Waals surface area (Å²) in [6, 6.07) is 10.2. The minimum atomic E-state index is -0.215. The molecule has 23 heavy (non-hydrogen) atoms. The van der Waals surface area contributed by atoms with Crippen LogP contribution in [0.3, 0.4) is 0 Å². The van der Waals surface area contributed by atoms with Crippen LogP contribution in [-0.2, 0) is 6.42 Å². The maximum Gasteiger partial charge on any atom is 0.191 e. The van der Waals surface area contributed by atoms with Crippen LogP contribution in [0.5, 0.6) is 5.75 Å². The Morgan fingerprint density at radius 1 is 1.17 bits per heavy atom. The Kier molecular flexibility index (Phi) is 6.84. The van der Waals surface area contributed by atoms with Crippen molar-refractivity contribution in [3.63, 3.8) is 0 Å². The Labute approximate surface area is 135 Å². The third kappa shape index (κ3) is 6.34. The van der Waals surface area contributed by atoms with E-state index in [1.54, 1.807) is 31.6 Å². The number of hydrogen-bond donors (Lipinski definition) is 2. The first-order valence-electron chi connectivity index (χ1n) is 7.50. The molecule has 5 nitrogen and oxygen atoms in total. The standard InChI is InChI=1S/C17H21FN4O/c1-19-17(21-10-8-14-4-6-15(18)7-5-14)22-11-12-23-16-3-2-9-20-13-16/h2-7,9,13H,8,10-12H2,1H3,(H2,19,21,22). The lowest BCUT2D eigenvalue weighted by molar-refractivity contribution is 0.320. The third-order valence-corrected chi connectivity index (χ3v) is 3.14. The van der Waals surface area contributed by atoms with Crippen LogP contribution < -0.4 is 15.4 Å². The Morgan fingerprint density at radius 2 is 1.96 bits per heavy atom. The summed E-state index contributed by atoms with van der Waals surface area (Å²) in [6.07, 6.45) is 4.18. The normalized spacial score (nSPS) is 11.1. The van der Waals surface area contributed by atoms with Gasteiger partial charge in [-0.2, -0.15) is 0 Å². The van der Waals surface area contributed by atoms with E-state index in [0.717, 1.165) is 24.3 Å². The van der Waals surface area contributed by atoms with E-state index in [-0.39, 0.29) is 5.82 Å². The summed E-state index contributed by atoms with van der Waals surface area (Å²) in [6.45, 7) is 1.87. The lowest BCUT2D eigenvalue weighted by Gasteiger charge is -2.12. The summed E-state index contributed by atoms with van der Waals surface area (Å²) in [5.41, 5.74) is 1.08. The second kappa shape index (κ2) is 9.40. The van der Waals surface area contributed by atoms with Crippen molar-refractivity contribution in [2.45, 2.75) is 6.42 Å². The van der Waals surface area contributed by atoms with E-state index in [1.807, 2.05) is 12.1 Å². The third-order valence-electron chi connectivity index (χ3n) is 3.14. The molecule has 2 aromatic rings. The molecule has 1 heterocycles. The monoisotopic (exact) mass is 316 g/mol. The van der Waals surface area contributed by atoms with Crippen LogP contribution >= 0.6 is 0 Å². The highest BCUT2D eigenvalue weighted by molar-refractivity contribution is 5.79. The zero-order valence-corrected chi connectivity index (χ0v) is 13.1. The number of nitrogens with zero attached hydrogens (tertiary/aromatic N) is 2. The van der Waals surface area contributed by atoms with Gasteiger partial charge in [0, 0.05) is 19.8 Å². The summed E-state index contributed by atoms with van der Waals surface area (Å²) >= 11 is 0. The number of rotatable bonds is 7. The van der Waals surface area contributed by atoms with Crippen molar-refractivity contribution >= 4 is 5.96 Å². The topological polar surface area (TPSA) is 58.5 Å². The first-order chi connectivity index (χ1) is 11.3. The summed E-state index contributed by atoms with van der Waals surface area (Å²) < 4.78 is 18.4. The summed E-state index contributed by atoms with van der Waals surface area (Å²) in [4.78, 5) is 8.13. The van der Waals surface area contributed by atoms with Crippen LogP contribution in [0.2, 0.25) is 0 Å². The lowest BCUT2D eigenvalue weighted by atomic mass is 10.1. The van der Waals surface area contributed by atoms with Gasteiger partial charge in [-0.3, -0.25) is 9.98 Å². The molecular formula is C17H21FN4O. The van der Waals surface area contributed by atoms with Gasteiger partial charge in [0.05, 0.1) is 12.7 Å². The first-order valence-corrected chi connectivity index (χ1v) is 7.50. The van der Waals surface area contributed by atoms with Gasteiger partial charge in [-0.25, -0.2) is 4.39 Å². The van der Waals surface area contributed by atoms with Gasteiger partial charge in [-0.15, -0.1) is 0 Å². The van der Waals surface area contributed by atoms with Crippen molar-refractivity contribution in [1.82, 2.24) is 15.6 Å². The molecule has 0 saturated carbocycles. The highest BCUT2D eigenvalue weighted by atomic mass is 19.1. The molecule has 2 N–H and O–H groups in total. The molecule has 6 heteroatoms. The smallest absolute Gasteiger partial charge is 0.191 e. The molecule has 122 valence electrons. The van der Waals surface area contributed by atoms with Gasteiger partial charge in [-0.05, 0) is 36.2 Å². The Hall–Kier alpha value is -2.63. The van der Waals surface area contributed by atoms with Crippen LogP contribution in [0.1, 0.15) is 5.56 Å². The number of hydrogen-bond acceptors (Lipinski definition) is 3. The summed E-state index contributed by atoms with van der Waals surface area (Å²) in [7, 11) is 1.72. The van der Waals surface area contributed by atoms with Crippen molar-refractivity contribution in [3.05, 3.63) is 60.2 Å². The minimum absolute atomic E-state index is 0.215. The highest BCUT2D eigenvalue weighted by Gasteiger charge is 1.99. The van der Waals surface area contributed by atoms with Crippen LogP contribution in [0, 0.1) is 5.82 Å². The van der Waals surface area contributed by atoms with Gasteiger partial charge >= 0.3 is 0 Å². The molecule has 0 unspecified atom stereocenters. The second-order valence-corrected chi connectivity index (χ2v) is 4.84. The maximum atomic E-state index is 12.8. The predicted molar refractivity (Wildman–Crippen MR) is 89.2 cm³/mol. The largest absolute Gasteiger partial charge is 0.490 e. The molecule has 0 aliphatic carbocycles. The highest BCUT2D eigenvalue weighted by Crippen LogP contribution is 2.05. The van der Waals surface area contributed by atoms with Crippen LogP contribution in [0.25, 0.3) is 0 Å². The number of aromatic nitrogens is 1. The summed E-state index contributed by atoms with van der Waals surface area (Å²) in [5, 5.41) is 6.38. The molecule has 0 aliphatic rings. The minimum Gasteiger partial charge on any atom is -0.490 e. The molecule has 2 rings (SSSR count). The molecule has 1 aromatic heterocycles. The number of aliphatic imine (C=N–C) groups is 1. The van der Waals surface area contributed by atoms with Gasteiger partial charge in [0.25, 0.3) is 0 Å². The molecule has 1 aromatic carbocycles. The second-order valence-electron chi connectivity index (χ2n) is 4.84. The number of guanidine groups is 1. The van der Waals surface area contributed by atoms with Gasteiger partial charge in [-0.1, -0.05) is 12.1 Å². The number of ether oxygens (including phenoxy) is 1. The number of nitrogens with one attached hydrogen (secondary N) is 2. The molecule has 0 fully saturated rings. The van der Waals surface area contributed by atoms with E-state index in [4.69, 9.17) is 4.74 Å². The van der Waals surface area contributed by atoms with E-state index in [2.05, 4.69) is 20.6 Å². The Morgan fingerprint density at radius 3 is 2.65 bits per heavy atom. The molecule has 0 bridgehead atoms. The maximum absolute atomic E-state index is 12.8. The van der Waals surface area contributed by atoms with Crippen molar-refractivity contribution in [1.29, 1.82) is 0 Å². The van der Waals surface area contributed by atoms with Crippen molar-refractivity contribution < 1.29 is 9.13 Å². The van der Waals surface area contributed by atoms with Gasteiger partial charge in [0.2, 0.25) is 0 Å². The fraction of sp³-hybridized carbons (Fsp3) is 0.294. The average molecular weight is 316 g/mol. The zero-order chi connectivity index (χ0) is 16.3. The molecule has 0 saturated heterocycles. The Balaban J connectivity index is 1.62. The SMILES string of the molecule is CN=C(NCCOc1cccnc1)NCCc1ccc(F)cc1. The number of halogens is 1. The fourth-order valence-corrected chi connectivity index (χ4v) is 1.97. The van der Waals surface area contributed by atoms with Crippen molar-refractivity contribution in [2.24, 2.45) is 4.99 Å². The average Bonchev–Trinajstić information content (AvgIpc) is 2.59. The number of pyridine rings is 1. The van der Waals surface area contributed by atoms with Crippen LogP contribution in [-0.4, -0.2) is 37.7 Å². The Bertz CT molecular complexity index is 602. The lowest BCUT2D eigenvalue weighted by Crippen LogP contribution is -2.40. The summed E-state index contributed by atoms with van der Waals surface area (Å²) in [5.74, 6) is 1.24. The molecule has 0 amide bonds. The van der Waals surface area contributed by atoms with Gasteiger partial charge in [0.15, 0.2) is 5.96 Å². The molecule has 0 aliphatic heterocycles. The van der Waals surface area contributed by atoms with Crippen LogP contribution in [0.4, 0.5) is 4.39 Å². The molecule has 0 atom stereocenters. The van der Waals surface area contributed by atoms with Crippen molar-refractivity contribution in [3.8, 4) is 5.75 Å². The fourth-order valence-electron chi connectivity index (χ4n) is 1.97. The zero-order valence-electron chi connectivity index (χ0n) is 13.1. The van der Waals surface area contributed by atoms with E-state index >= 15 is 0 Å². The van der Waals surface area contributed by atoms with E-state index in [0.29, 0.717) is 19.1 Å².